The molecule has 0 radical (unpaired) electrons. The number of halogens is 1. The van der Waals surface area contributed by atoms with Crippen molar-refractivity contribution in [2.75, 3.05) is 39.8 Å². The lowest BCUT2D eigenvalue weighted by molar-refractivity contribution is 0.182. The molecule has 0 amide bonds. The zero-order chi connectivity index (χ0) is 17.2. The summed E-state index contributed by atoms with van der Waals surface area (Å²) in [5.74, 6) is 1.81. The Hall–Kier alpha value is -0.340. The molecular weight excluding hydrogens is 443 g/mol. The van der Waals surface area contributed by atoms with E-state index in [2.05, 4.69) is 53.5 Å². The monoisotopic (exact) mass is 478 g/mol. The molecule has 2 heterocycles. The van der Waals surface area contributed by atoms with Crippen molar-refractivity contribution in [3.8, 4) is 0 Å². The van der Waals surface area contributed by atoms with E-state index in [1.165, 1.54) is 43.6 Å². The quantitative estimate of drug-likeness (QED) is 0.344. The van der Waals surface area contributed by atoms with Gasteiger partial charge in [0, 0.05) is 38.1 Å². The van der Waals surface area contributed by atoms with Gasteiger partial charge in [-0.15, -0.1) is 35.3 Å². The molecule has 0 spiro atoms. The van der Waals surface area contributed by atoms with Crippen molar-refractivity contribution in [3.63, 3.8) is 0 Å². The molecule has 0 bridgehead atoms. The van der Waals surface area contributed by atoms with Gasteiger partial charge in [-0.3, -0.25) is 9.89 Å². The van der Waals surface area contributed by atoms with Gasteiger partial charge in [0.25, 0.3) is 0 Å². The number of aliphatic imine (C=N–C) groups is 1. The van der Waals surface area contributed by atoms with Gasteiger partial charge in [-0.1, -0.05) is 19.4 Å². The number of guanidine groups is 1. The zero-order valence-corrected chi connectivity index (χ0v) is 19.2. The summed E-state index contributed by atoms with van der Waals surface area (Å²) in [6.45, 7) is 10.9. The Morgan fingerprint density at radius 1 is 1.36 bits per heavy atom. The average Bonchev–Trinajstić information content (AvgIpc) is 3.10. The van der Waals surface area contributed by atoms with Crippen molar-refractivity contribution < 1.29 is 0 Å². The van der Waals surface area contributed by atoms with E-state index in [1.54, 1.807) is 0 Å². The van der Waals surface area contributed by atoms with Crippen molar-refractivity contribution in [2.24, 2.45) is 10.9 Å². The largest absolute Gasteiger partial charge is 0.357 e. The molecule has 1 aliphatic heterocycles. The van der Waals surface area contributed by atoms with E-state index < -0.39 is 0 Å². The fourth-order valence-electron chi connectivity index (χ4n) is 3.14. The Balaban J connectivity index is 0.00000312. The topological polar surface area (TPSA) is 30.9 Å². The van der Waals surface area contributed by atoms with E-state index in [9.17, 15) is 0 Å². The Labute approximate surface area is 175 Å². The zero-order valence-electron chi connectivity index (χ0n) is 16.0. The van der Waals surface area contributed by atoms with Gasteiger partial charge in [-0.05, 0) is 56.6 Å². The molecule has 1 fully saturated rings. The summed E-state index contributed by atoms with van der Waals surface area (Å²) in [7, 11) is 2.15. The van der Waals surface area contributed by atoms with Crippen LogP contribution in [0.25, 0.3) is 0 Å². The molecule has 0 aromatic carbocycles. The standard InChI is InChI=1S/C19H34N4S.HI/c1-4-6-11-22(3)19(20-5-2)21-15-17-9-12-23(13-10-17)16-18-8-7-14-24-18;/h7-8,14,17H,4-6,9-13,15-16H2,1-3H3,(H,20,21);1H. The van der Waals surface area contributed by atoms with Crippen molar-refractivity contribution in [3.05, 3.63) is 22.4 Å². The van der Waals surface area contributed by atoms with Gasteiger partial charge in [0.1, 0.15) is 0 Å². The number of piperidine rings is 1. The van der Waals surface area contributed by atoms with Crippen molar-refractivity contribution in [1.29, 1.82) is 0 Å². The highest BCUT2D eigenvalue weighted by atomic mass is 127. The first kappa shape index (κ1) is 22.7. The number of likely N-dealkylation sites (tertiary alicyclic amines) is 1. The number of rotatable bonds is 8. The molecule has 1 aromatic rings. The SMILES string of the molecule is CCCCN(C)C(=NCC1CCN(Cc2cccs2)CC1)NCC.I. The third kappa shape index (κ3) is 8.26. The van der Waals surface area contributed by atoms with Crippen LogP contribution >= 0.6 is 35.3 Å². The first-order chi connectivity index (χ1) is 11.7. The van der Waals surface area contributed by atoms with Crippen LogP contribution in [0.15, 0.2) is 22.5 Å². The van der Waals surface area contributed by atoms with Crippen molar-refractivity contribution in [1.82, 2.24) is 15.1 Å². The van der Waals surface area contributed by atoms with E-state index in [1.807, 2.05) is 11.3 Å². The molecule has 1 saturated heterocycles. The van der Waals surface area contributed by atoms with Crippen molar-refractivity contribution in [2.45, 2.75) is 46.1 Å². The molecule has 1 N–H and O–H groups in total. The number of unbranched alkanes of at least 4 members (excludes halogenated alkanes) is 1. The molecular formula is C19H35IN4S. The van der Waals surface area contributed by atoms with E-state index in [4.69, 9.17) is 4.99 Å². The molecule has 6 heteroatoms. The molecule has 4 nitrogen and oxygen atoms in total. The predicted molar refractivity (Wildman–Crippen MR) is 121 cm³/mol. The maximum absolute atomic E-state index is 4.91. The smallest absolute Gasteiger partial charge is 0.193 e. The van der Waals surface area contributed by atoms with E-state index in [-0.39, 0.29) is 24.0 Å². The highest BCUT2D eigenvalue weighted by Gasteiger charge is 2.19. The highest BCUT2D eigenvalue weighted by Crippen LogP contribution is 2.20. The van der Waals surface area contributed by atoms with Gasteiger partial charge in [0.15, 0.2) is 5.96 Å². The summed E-state index contributed by atoms with van der Waals surface area (Å²) in [5.41, 5.74) is 0. The molecule has 25 heavy (non-hydrogen) atoms. The second-order valence-corrected chi connectivity index (χ2v) is 7.80. The molecule has 0 aliphatic carbocycles. The first-order valence-electron chi connectivity index (χ1n) is 9.47. The van der Waals surface area contributed by atoms with Crippen LogP contribution in [0.4, 0.5) is 0 Å². The number of hydrogen-bond acceptors (Lipinski definition) is 3. The molecule has 1 aliphatic rings. The van der Waals surface area contributed by atoms with Crippen LogP contribution in [0.5, 0.6) is 0 Å². The van der Waals surface area contributed by atoms with Gasteiger partial charge in [0.05, 0.1) is 0 Å². The van der Waals surface area contributed by atoms with Crippen LogP contribution < -0.4 is 5.32 Å². The van der Waals surface area contributed by atoms with Gasteiger partial charge in [-0.2, -0.15) is 0 Å². The van der Waals surface area contributed by atoms with Gasteiger partial charge < -0.3 is 10.2 Å². The molecule has 2 rings (SSSR count). The minimum absolute atomic E-state index is 0. The van der Waals surface area contributed by atoms with Crippen LogP contribution in [-0.4, -0.2) is 55.5 Å². The minimum Gasteiger partial charge on any atom is -0.357 e. The van der Waals surface area contributed by atoms with Gasteiger partial charge in [-0.25, -0.2) is 0 Å². The third-order valence-electron chi connectivity index (χ3n) is 4.71. The summed E-state index contributed by atoms with van der Waals surface area (Å²) in [5, 5.41) is 5.61. The van der Waals surface area contributed by atoms with Crippen LogP contribution in [0.3, 0.4) is 0 Å². The lowest BCUT2D eigenvalue weighted by Gasteiger charge is -2.31. The highest BCUT2D eigenvalue weighted by molar-refractivity contribution is 14.0. The lowest BCUT2D eigenvalue weighted by atomic mass is 9.97. The summed E-state index contributed by atoms with van der Waals surface area (Å²) in [6, 6.07) is 4.40. The Kier molecular flexibility index (Phi) is 11.7. The lowest BCUT2D eigenvalue weighted by Crippen LogP contribution is -2.40. The van der Waals surface area contributed by atoms with Crippen LogP contribution in [0.2, 0.25) is 0 Å². The number of nitrogens with zero attached hydrogens (tertiary/aromatic N) is 3. The number of thiophene rings is 1. The predicted octanol–water partition coefficient (Wildman–Crippen LogP) is 4.28. The molecule has 0 atom stereocenters. The molecule has 0 saturated carbocycles. The minimum atomic E-state index is 0. The van der Waals surface area contributed by atoms with Crippen LogP contribution in [0, 0.1) is 5.92 Å². The summed E-state index contributed by atoms with van der Waals surface area (Å²) in [6.07, 6.45) is 4.99. The summed E-state index contributed by atoms with van der Waals surface area (Å²) in [4.78, 5) is 11.3. The maximum atomic E-state index is 4.91. The Morgan fingerprint density at radius 2 is 2.12 bits per heavy atom. The third-order valence-corrected chi connectivity index (χ3v) is 5.57. The summed E-state index contributed by atoms with van der Waals surface area (Å²) >= 11 is 1.87. The molecule has 0 unspecified atom stereocenters. The fraction of sp³-hybridized carbons (Fsp3) is 0.737. The number of nitrogens with one attached hydrogen (secondary N) is 1. The maximum Gasteiger partial charge on any atom is 0.193 e. The van der Waals surface area contributed by atoms with E-state index >= 15 is 0 Å². The molecule has 144 valence electrons. The second-order valence-electron chi connectivity index (χ2n) is 6.77. The summed E-state index contributed by atoms with van der Waals surface area (Å²) < 4.78 is 0. The van der Waals surface area contributed by atoms with Crippen molar-refractivity contribution >= 4 is 41.3 Å². The van der Waals surface area contributed by atoms with Gasteiger partial charge in [0.2, 0.25) is 0 Å². The molecule has 1 aromatic heterocycles. The van der Waals surface area contributed by atoms with E-state index in [0.717, 1.165) is 38.1 Å². The first-order valence-corrected chi connectivity index (χ1v) is 10.3. The fourth-order valence-corrected chi connectivity index (χ4v) is 3.88. The van der Waals surface area contributed by atoms with Gasteiger partial charge >= 0.3 is 0 Å². The second kappa shape index (κ2) is 12.9. The average molecular weight is 478 g/mol. The van der Waals surface area contributed by atoms with Crippen LogP contribution in [0.1, 0.15) is 44.4 Å². The Bertz CT molecular complexity index is 470. The van der Waals surface area contributed by atoms with E-state index in [0.29, 0.717) is 0 Å². The Morgan fingerprint density at radius 3 is 2.72 bits per heavy atom. The normalized spacial score (nSPS) is 16.5. The van der Waals surface area contributed by atoms with Crippen LogP contribution in [-0.2, 0) is 6.54 Å². The number of hydrogen-bond donors (Lipinski definition) is 1.